The Kier molecular flexibility index (Phi) is 7.59. The van der Waals surface area contributed by atoms with Crippen LogP contribution in [0.5, 0.6) is 11.8 Å². The predicted molar refractivity (Wildman–Crippen MR) is 134 cm³/mol. The molecule has 14 heteroatoms. The van der Waals surface area contributed by atoms with Crippen LogP contribution in [0.4, 0.5) is 5.95 Å². The smallest absolute Gasteiger partial charge is 0.243 e. The normalized spacial score (nSPS) is 13.1. The monoisotopic (exact) mass is 526 g/mol. The molecule has 0 aliphatic rings. The number of ether oxygens (including phenoxy) is 3. The van der Waals surface area contributed by atoms with Crippen molar-refractivity contribution in [3.63, 3.8) is 0 Å². The quantitative estimate of drug-likeness (QED) is 0.323. The van der Waals surface area contributed by atoms with E-state index in [2.05, 4.69) is 34.9 Å². The van der Waals surface area contributed by atoms with E-state index < -0.39 is 21.4 Å². The van der Waals surface area contributed by atoms with Gasteiger partial charge in [0.25, 0.3) is 0 Å². The molecule has 0 spiro atoms. The number of methoxy groups -OCH3 is 3. The molecule has 4 aromatic heterocycles. The van der Waals surface area contributed by atoms with Gasteiger partial charge in [0.05, 0.1) is 14.2 Å². The average molecular weight is 527 g/mol. The van der Waals surface area contributed by atoms with Gasteiger partial charge in [0.2, 0.25) is 27.7 Å². The van der Waals surface area contributed by atoms with Gasteiger partial charge in [-0.3, -0.25) is 9.29 Å². The molecule has 0 aromatic carbocycles. The highest BCUT2D eigenvalue weighted by Crippen LogP contribution is 2.31. The van der Waals surface area contributed by atoms with E-state index in [1.807, 2.05) is 6.92 Å². The Morgan fingerprint density at radius 1 is 0.973 bits per heavy atom. The largest absolute Gasteiger partial charge is 0.481 e. The summed E-state index contributed by atoms with van der Waals surface area (Å²) in [4.78, 5) is 17.1. The summed E-state index contributed by atoms with van der Waals surface area (Å²) >= 11 is 0. The molecule has 37 heavy (non-hydrogen) atoms. The van der Waals surface area contributed by atoms with Gasteiger partial charge >= 0.3 is 0 Å². The van der Waals surface area contributed by atoms with Crippen molar-refractivity contribution in [3.05, 3.63) is 60.3 Å². The lowest BCUT2D eigenvalue weighted by molar-refractivity contribution is 0.0949. The summed E-state index contributed by atoms with van der Waals surface area (Å²) in [5.74, 6) is 0.950. The van der Waals surface area contributed by atoms with Gasteiger partial charge in [-0.15, -0.1) is 10.2 Å². The van der Waals surface area contributed by atoms with Crippen molar-refractivity contribution < 1.29 is 22.6 Å². The summed E-state index contributed by atoms with van der Waals surface area (Å²) in [5.41, 5.74) is 1.62. The highest BCUT2D eigenvalue weighted by Gasteiger charge is 2.34. The van der Waals surface area contributed by atoms with E-state index in [9.17, 15) is 8.42 Å². The Morgan fingerprint density at radius 2 is 1.73 bits per heavy atom. The molecule has 4 rings (SSSR count). The maximum Gasteiger partial charge on any atom is 0.243 e. The van der Waals surface area contributed by atoms with E-state index in [4.69, 9.17) is 14.2 Å². The second kappa shape index (κ2) is 10.8. The topological polar surface area (TPSA) is 156 Å². The summed E-state index contributed by atoms with van der Waals surface area (Å²) in [6, 6.07) is 8.48. The minimum Gasteiger partial charge on any atom is -0.481 e. The summed E-state index contributed by atoms with van der Waals surface area (Å²) < 4.78 is 47.1. The molecular weight excluding hydrogens is 500 g/mol. The fourth-order valence-corrected chi connectivity index (χ4v) is 4.68. The van der Waals surface area contributed by atoms with Gasteiger partial charge in [-0.05, 0) is 37.6 Å². The maximum absolute atomic E-state index is 13.5. The molecule has 0 saturated heterocycles. The first kappa shape index (κ1) is 25.9. The van der Waals surface area contributed by atoms with Crippen LogP contribution < -0.4 is 14.2 Å². The van der Waals surface area contributed by atoms with Crippen molar-refractivity contribution in [3.8, 4) is 29.0 Å². The van der Waals surface area contributed by atoms with Crippen LogP contribution >= 0.6 is 0 Å². The van der Waals surface area contributed by atoms with Crippen molar-refractivity contribution in [1.82, 2.24) is 34.7 Å². The van der Waals surface area contributed by atoms with Crippen LogP contribution in [0, 0.1) is 6.92 Å². The van der Waals surface area contributed by atoms with Crippen LogP contribution in [0.15, 0.2) is 48.9 Å². The Morgan fingerprint density at radius 3 is 2.41 bits per heavy atom. The summed E-state index contributed by atoms with van der Waals surface area (Å²) in [6.07, 6.45) is 3.80. The average Bonchev–Trinajstić information content (AvgIpc) is 3.32. The highest BCUT2D eigenvalue weighted by molar-refractivity contribution is 7.93. The standard InChI is InChI=1S/C23H26N8O5S/c1-14-12-25-20(26-13-14)19(35-4)15(2)37(32,33)30-23-29-28-21(16-8-6-10-18(27-16)34-3)31(23)17-9-7-11-24-22(17)36-5/h6-13,15,19H,1-5H3,(H,29,30). The molecule has 0 amide bonds. The second-order valence-corrected chi connectivity index (χ2v) is 9.94. The van der Waals surface area contributed by atoms with Crippen molar-refractivity contribution >= 4 is 16.0 Å². The van der Waals surface area contributed by atoms with Crippen molar-refractivity contribution in [2.45, 2.75) is 25.2 Å². The van der Waals surface area contributed by atoms with Crippen LogP contribution in [0.25, 0.3) is 17.2 Å². The fourth-order valence-electron chi connectivity index (χ4n) is 3.55. The van der Waals surface area contributed by atoms with Crippen molar-refractivity contribution in [2.75, 3.05) is 26.1 Å². The zero-order chi connectivity index (χ0) is 26.6. The summed E-state index contributed by atoms with van der Waals surface area (Å²) in [7, 11) is 0.246. The van der Waals surface area contributed by atoms with E-state index >= 15 is 0 Å². The number of aromatic nitrogens is 7. The van der Waals surface area contributed by atoms with E-state index in [0.717, 1.165) is 5.56 Å². The van der Waals surface area contributed by atoms with E-state index in [-0.39, 0.29) is 23.5 Å². The fraction of sp³-hybridized carbons (Fsp3) is 0.304. The van der Waals surface area contributed by atoms with Gasteiger partial charge < -0.3 is 14.2 Å². The van der Waals surface area contributed by atoms with Gasteiger partial charge in [-0.2, -0.15) is 0 Å². The number of hydrogen-bond donors (Lipinski definition) is 1. The zero-order valence-electron chi connectivity index (χ0n) is 20.9. The molecule has 4 heterocycles. The molecule has 0 aliphatic heterocycles. The second-order valence-electron chi connectivity index (χ2n) is 7.91. The third kappa shape index (κ3) is 5.34. The van der Waals surface area contributed by atoms with Crippen LogP contribution in [-0.2, 0) is 14.8 Å². The molecular formula is C23H26N8O5S. The Labute approximate surface area is 214 Å². The van der Waals surface area contributed by atoms with Gasteiger partial charge in [0.15, 0.2) is 11.6 Å². The third-order valence-corrected chi connectivity index (χ3v) is 7.16. The van der Waals surface area contributed by atoms with Crippen LogP contribution in [0.3, 0.4) is 0 Å². The molecule has 13 nitrogen and oxygen atoms in total. The van der Waals surface area contributed by atoms with Crippen molar-refractivity contribution in [2.24, 2.45) is 0 Å². The zero-order valence-corrected chi connectivity index (χ0v) is 21.7. The Bertz CT molecular complexity index is 1480. The van der Waals surface area contributed by atoms with Crippen LogP contribution in [0.2, 0.25) is 0 Å². The lowest BCUT2D eigenvalue weighted by atomic mass is 10.2. The summed E-state index contributed by atoms with van der Waals surface area (Å²) in [6.45, 7) is 3.33. The van der Waals surface area contributed by atoms with E-state index in [1.54, 1.807) is 48.9 Å². The van der Waals surface area contributed by atoms with Gasteiger partial charge in [0, 0.05) is 31.8 Å². The molecule has 2 unspecified atom stereocenters. The van der Waals surface area contributed by atoms with Gasteiger partial charge in [-0.25, -0.2) is 28.4 Å². The number of aryl methyl sites for hydroxylation is 1. The van der Waals surface area contributed by atoms with Crippen molar-refractivity contribution in [1.29, 1.82) is 0 Å². The molecule has 0 bridgehead atoms. The number of anilines is 1. The predicted octanol–water partition coefficient (Wildman–Crippen LogP) is 2.36. The SMILES string of the molecule is COc1cccc(-c2nnc(NS(=O)(=O)C(C)C(OC)c3ncc(C)cn3)n2-c2cccnc2OC)n1. The number of nitrogens with one attached hydrogen (secondary N) is 1. The van der Waals surface area contributed by atoms with E-state index in [1.165, 1.54) is 32.8 Å². The van der Waals surface area contributed by atoms with E-state index in [0.29, 0.717) is 17.3 Å². The maximum atomic E-state index is 13.5. The number of rotatable bonds is 10. The molecule has 0 fully saturated rings. The minimum atomic E-state index is -4.10. The lowest BCUT2D eigenvalue weighted by Crippen LogP contribution is -2.33. The molecule has 0 saturated carbocycles. The first-order chi connectivity index (χ1) is 17.8. The first-order valence-electron chi connectivity index (χ1n) is 11.1. The Hall–Kier alpha value is -4.17. The highest BCUT2D eigenvalue weighted by atomic mass is 32.2. The molecule has 0 radical (unpaired) electrons. The van der Waals surface area contributed by atoms with Gasteiger partial charge in [-0.1, -0.05) is 6.07 Å². The first-order valence-corrected chi connectivity index (χ1v) is 12.6. The molecule has 0 aliphatic carbocycles. The number of hydrogen-bond acceptors (Lipinski definition) is 11. The van der Waals surface area contributed by atoms with Crippen LogP contribution in [-0.4, -0.2) is 69.7 Å². The van der Waals surface area contributed by atoms with Gasteiger partial charge in [0.1, 0.15) is 22.7 Å². The number of nitrogens with zero attached hydrogens (tertiary/aromatic N) is 7. The number of sulfonamides is 1. The molecule has 4 aromatic rings. The number of pyridine rings is 2. The molecule has 1 N–H and O–H groups in total. The molecule has 2 atom stereocenters. The third-order valence-electron chi connectivity index (χ3n) is 5.47. The lowest BCUT2D eigenvalue weighted by Gasteiger charge is -2.22. The summed E-state index contributed by atoms with van der Waals surface area (Å²) in [5, 5.41) is 7.24. The molecule has 194 valence electrons. The minimum absolute atomic E-state index is 0.0996. The Balaban J connectivity index is 1.79. The van der Waals surface area contributed by atoms with Crippen LogP contribution in [0.1, 0.15) is 24.4 Å².